The highest BCUT2D eigenvalue weighted by Gasteiger charge is 2.59. The number of benzene rings is 1. The number of carbonyl (C=O) groups excluding carboxylic acids is 2. The molecule has 4 atom stereocenters. The van der Waals surface area contributed by atoms with Gasteiger partial charge in [0.25, 0.3) is 11.8 Å². The second kappa shape index (κ2) is 6.67. The number of nitrogens with zero attached hydrogens (tertiary/aromatic N) is 2. The molecule has 4 rings (SSSR count). The van der Waals surface area contributed by atoms with Crippen LogP contribution >= 0.6 is 27.5 Å². The van der Waals surface area contributed by atoms with Crippen molar-refractivity contribution >= 4 is 45.6 Å². The Balaban J connectivity index is 1.55. The van der Waals surface area contributed by atoms with E-state index in [1.165, 1.54) is 6.21 Å². The third-order valence-electron chi connectivity index (χ3n) is 5.14. The van der Waals surface area contributed by atoms with Crippen LogP contribution in [0, 0.1) is 23.7 Å². The topological polar surface area (TPSA) is 59.0 Å². The van der Waals surface area contributed by atoms with Crippen LogP contribution in [0.1, 0.15) is 12.0 Å². The van der Waals surface area contributed by atoms with E-state index in [2.05, 4.69) is 39.8 Å². The SMILES string of the molecule is C=CCOc1c(Cl)cc(C=NN2C(=O)[C@@H]3[C@H](C2=O)[C@H]2C=C[C@H]3C2)cc1Br. The molecule has 1 saturated heterocycles. The molecule has 5 nitrogen and oxygen atoms in total. The van der Waals surface area contributed by atoms with E-state index in [0.717, 1.165) is 11.4 Å². The minimum absolute atomic E-state index is 0.173. The predicted octanol–water partition coefficient (Wildman–Crippen LogP) is 3.81. The van der Waals surface area contributed by atoms with E-state index in [1.54, 1.807) is 18.2 Å². The molecule has 0 spiro atoms. The number of carbonyl (C=O) groups is 2. The van der Waals surface area contributed by atoms with Gasteiger partial charge in [0.1, 0.15) is 6.61 Å². The average Bonchev–Trinajstić information content (AvgIpc) is 3.27. The van der Waals surface area contributed by atoms with Gasteiger partial charge >= 0.3 is 0 Å². The van der Waals surface area contributed by atoms with Crippen molar-refractivity contribution in [3.05, 3.63) is 52.0 Å². The molecule has 1 aromatic rings. The minimum Gasteiger partial charge on any atom is -0.487 e. The van der Waals surface area contributed by atoms with Crippen molar-refractivity contribution < 1.29 is 14.3 Å². The largest absolute Gasteiger partial charge is 0.487 e. The maximum absolute atomic E-state index is 12.6. The number of hydrogen-bond acceptors (Lipinski definition) is 4. The molecule has 1 aliphatic heterocycles. The molecule has 0 radical (unpaired) electrons. The first kappa shape index (κ1) is 17.5. The number of imide groups is 1. The normalized spacial score (nSPS) is 29.1. The average molecular weight is 436 g/mol. The summed E-state index contributed by atoms with van der Waals surface area (Å²) in [4.78, 5) is 25.2. The van der Waals surface area contributed by atoms with Crippen LogP contribution in [0.3, 0.4) is 0 Å². The summed E-state index contributed by atoms with van der Waals surface area (Å²) in [5.74, 6) is -0.0556. The second-order valence-corrected chi connectivity index (χ2v) is 7.91. The van der Waals surface area contributed by atoms with Gasteiger partial charge in [0, 0.05) is 0 Å². The summed E-state index contributed by atoms with van der Waals surface area (Å²) in [6.45, 7) is 3.94. The van der Waals surface area contributed by atoms with Gasteiger partial charge in [-0.25, -0.2) is 0 Å². The third-order valence-corrected chi connectivity index (χ3v) is 6.01. The molecule has 2 fully saturated rings. The van der Waals surface area contributed by atoms with Crippen LogP contribution in [-0.4, -0.2) is 29.6 Å². The van der Waals surface area contributed by atoms with Crippen LogP contribution in [0.25, 0.3) is 0 Å². The summed E-state index contributed by atoms with van der Waals surface area (Å²) in [7, 11) is 0. The Labute approximate surface area is 164 Å². The molecule has 2 bridgehead atoms. The summed E-state index contributed by atoms with van der Waals surface area (Å²) in [6.07, 6.45) is 8.12. The molecular formula is C19H16BrClN2O3. The molecular weight excluding hydrogens is 420 g/mol. The summed E-state index contributed by atoms with van der Waals surface area (Å²) >= 11 is 9.65. The van der Waals surface area contributed by atoms with Gasteiger partial charge in [-0.1, -0.05) is 36.4 Å². The number of allylic oxidation sites excluding steroid dienone is 2. The lowest BCUT2D eigenvalue weighted by atomic mass is 9.85. The van der Waals surface area contributed by atoms with E-state index < -0.39 is 0 Å². The van der Waals surface area contributed by atoms with Crippen molar-refractivity contribution in [2.45, 2.75) is 6.42 Å². The van der Waals surface area contributed by atoms with Crippen LogP contribution in [0.2, 0.25) is 5.02 Å². The van der Waals surface area contributed by atoms with Crippen LogP contribution in [0.4, 0.5) is 0 Å². The predicted molar refractivity (Wildman–Crippen MR) is 102 cm³/mol. The number of fused-ring (bicyclic) bond motifs is 5. The molecule has 7 heteroatoms. The molecule has 2 amide bonds. The van der Waals surface area contributed by atoms with Crippen molar-refractivity contribution in [3.63, 3.8) is 0 Å². The van der Waals surface area contributed by atoms with E-state index >= 15 is 0 Å². The second-order valence-electron chi connectivity index (χ2n) is 6.65. The smallest absolute Gasteiger partial charge is 0.254 e. The Bertz CT molecular complexity index is 813. The first-order chi connectivity index (χ1) is 12.5. The number of amides is 2. The lowest BCUT2D eigenvalue weighted by Crippen LogP contribution is -2.28. The van der Waals surface area contributed by atoms with Crippen LogP contribution < -0.4 is 4.74 Å². The minimum atomic E-state index is -0.250. The van der Waals surface area contributed by atoms with Crippen LogP contribution in [0.5, 0.6) is 5.75 Å². The third kappa shape index (κ3) is 2.72. The van der Waals surface area contributed by atoms with E-state index in [0.29, 0.717) is 27.4 Å². The molecule has 2 aliphatic carbocycles. The van der Waals surface area contributed by atoms with Crippen molar-refractivity contribution in [2.24, 2.45) is 28.8 Å². The van der Waals surface area contributed by atoms with E-state index in [4.69, 9.17) is 16.3 Å². The zero-order chi connectivity index (χ0) is 18.4. The highest BCUT2D eigenvalue weighted by molar-refractivity contribution is 9.10. The molecule has 0 N–H and O–H groups in total. The molecule has 26 heavy (non-hydrogen) atoms. The Morgan fingerprint density at radius 3 is 2.50 bits per heavy atom. The van der Waals surface area contributed by atoms with Gasteiger partial charge in [0.2, 0.25) is 0 Å². The molecule has 1 heterocycles. The summed E-state index contributed by atoms with van der Waals surface area (Å²) < 4.78 is 6.16. The number of rotatable bonds is 5. The highest BCUT2D eigenvalue weighted by atomic mass is 79.9. The lowest BCUT2D eigenvalue weighted by Gasteiger charge is -2.13. The summed E-state index contributed by atoms with van der Waals surface area (Å²) in [6, 6.07) is 3.44. The highest BCUT2D eigenvalue weighted by Crippen LogP contribution is 2.52. The summed E-state index contributed by atoms with van der Waals surface area (Å²) in [5.41, 5.74) is 0.659. The number of halogens is 2. The van der Waals surface area contributed by atoms with Gasteiger partial charge in [-0.2, -0.15) is 10.1 Å². The standard InChI is InChI=1S/C19H16BrClN2O3/c1-2-5-26-17-13(20)6-10(7-14(17)21)9-22-23-18(24)15-11-3-4-12(8-11)16(15)19(23)25/h2-4,6-7,9,11-12,15-16H,1,5,8H2/t11-,12-,15-,16+/m0/s1. The Kier molecular flexibility index (Phi) is 4.49. The van der Waals surface area contributed by atoms with Gasteiger partial charge in [-0.15, -0.1) is 0 Å². The van der Waals surface area contributed by atoms with Gasteiger partial charge < -0.3 is 4.74 Å². The fourth-order valence-corrected chi connectivity index (χ4v) is 5.05. The molecule has 134 valence electrons. The number of hydrogen-bond donors (Lipinski definition) is 0. The fourth-order valence-electron chi connectivity index (χ4n) is 4.06. The first-order valence-corrected chi connectivity index (χ1v) is 9.51. The van der Waals surface area contributed by atoms with Gasteiger partial charge in [0.05, 0.1) is 27.5 Å². The zero-order valence-corrected chi connectivity index (χ0v) is 16.1. The molecule has 1 saturated carbocycles. The number of ether oxygens (including phenoxy) is 1. The molecule has 0 unspecified atom stereocenters. The van der Waals surface area contributed by atoms with E-state index in [1.807, 2.05) is 0 Å². The Morgan fingerprint density at radius 1 is 1.27 bits per heavy atom. The molecule has 1 aromatic carbocycles. The Hall–Kier alpha value is -1.92. The molecule has 0 aromatic heterocycles. The lowest BCUT2D eigenvalue weighted by molar-refractivity contribution is -0.140. The van der Waals surface area contributed by atoms with Crippen LogP contribution in [-0.2, 0) is 9.59 Å². The first-order valence-electron chi connectivity index (χ1n) is 8.34. The monoisotopic (exact) mass is 434 g/mol. The van der Waals surface area contributed by atoms with Crippen molar-refractivity contribution in [1.29, 1.82) is 0 Å². The van der Waals surface area contributed by atoms with Crippen LogP contribution in [0.15, 0.2) is 46.5 Å². The zero-order valence-electron chi connectivity index (χ0n) is 13.8. The number of hydrazone groups is 1. The van der Waals surface area contributed by atoms with E-state index in [-0.39, 0.29) is 35.5 Å². The van der Waals surface area contributed by atoms with Crippen molar-refractivity contribution in [2.75, 3.05) is 6.61 Å². The Morgan fingerprint density at radius 2 is 1.92 bits per heavy atom. The van der Waals surface area contributed by atoms with Gasteiger partial charge in [-0.05, 0) is 51.9 Å². The molecule has 3 aliphatic rings. The van der Waals surface area contributed by atoms with Gasteiger partial charge in [-0.3, -0.25) is 9.59 Å². The fraction of sp³-hybridized carbons (Fsp3) is 0.316. The van der Waals surface area contributed by atoms with Crippen molar-refractivity contribution in [1.82, 2.24) is 5.01 Å². The van der Waals surface area contributed by atoms with E-state index in [9.17, 15) is 9.59 Å². The maximum Gasteiger partial charge on any atom is 0.254 e. The van der Waals surface area contributed by atoms with Crippen molar-refractivity contribution in [3.8, 4) is 5.75 Å². The maximum atomic E-state index is 12.6. The van der Waals surface area contributed by atoms with Gasteiger partial charge in [0.15, 0.2) is 5.75 Å². The quantitative estimate of drug-likeness (QED) is 0.401. The summed E-state index contributed by atoms with van der Waals surface area (Å²) in [5, 5.41) is 5.58.